The van der Waals surface area contributed by atoms with Crippen LogP contribution in [-0.4, -0.2) is 69.1 Å². The Balaban J connectivity index is 1.49. The van der Waals surface area contributed by atoms with Gasteiger partial charge in [0.1, 0.15) is 6.54 Å². The molecule has 4 rings (SSSR count). The second kappa shape index (κ2) is 9.36. The van der Waals surface area contributed by atoms with Gasteiger partial charge in [-0.2, -0.15) is 0 Å². The van der Waals surface area contributed by atoms with Gasteiger partial charge in [-0.1, -0.05) is 20.8 Å². The van der Waals surface area contributed by atoms with Crippen LogP contribution in [0, 0.1) is 46.3 Å². The molecule has 0 bridgehead atoms. The lowest BCUT2D eigenvalue weighted by Gasteiger charge is -2.63. The molecule has 0 aromatic heterocycles. The molecule has 0 spiro atoms. The molecule has 4 aliphatic rings. The quantitative estimate of drug-likeness (QED) is 0.465. The number of carbonyl (C=O) groups is 2. The maximum atomic E-state index is 12.4. The van der Waals surface area contributed by atoms with Crippen LogP contribution >= 0.6 is 0 Å². The summed E-state index contributed by atoms with van der Waals surface area (Å²) in [4.78, 5) is 24.6. The molecule has 1 amide bonds. The topological polar surface area (TPSA) is 118 Å². The van der Waals surface area contributed by atoms with Crippen LogP contribution in [-0.2, 0) is 9.59 Å². The van der Waals surface area contributed by atoms with E-state index in [1.807, 2.05) is 0 Å². The molecule has 4 saturated carbocycles. The van der Waals surface area contributed by atoms with Gasteiger partial charge in [-0.05, 0) is 97.7 Å². The van der Waals surface area contributed by atoms with E-state index in [1.54, 1.807) is 0 Å². The summed E-state index contributed by atoms with van der Waals surface area (Å²) in [5.41, 5.74) is -0.217. The lowest BCUT2D eigenvalue weighted by atomic mass is 9.43. The zero-order chi connectivity index (χ0) is 25.0. The van der Waals surface area contributed by atoms with Gasteiger partial charge in [0.05, 0.1) is 18.3 Å². The molecule has 7 nitrogen and oxygen atoms in total. The average Bonchev–Trinajstić information content (AvgIpc) is 3.12. The van der Waals surface area contributed by atoms with Gasteiger partial charge in [0.2, 0.25) is 5.91 Å². The van der Waals surface area contributed by atoms with Crippen molar-refractivity contribution in [1.82, 2.24) is 4.90 Å². The Labute approximate surface area is 203 Å². The van der Waals surface area contributed by atoms with Gasteiger partial charge in [0.15, 0.2) is 0 Å². The molecule has 4 unspecified atom stereocenters. The van der Waals surface area contributed by atoms with Crippen LogP contribution in [0.1, 0.15) is 78.6 Å². The highest BCUT2D eigenvalue weighted by molar-refractivity contribution is 5.80. The smallest absolute Gasteiger partial charge is 0.323 e. The zero-order valence-electron chi connectivity index (χ0n) is 21.3. The van der Waals surface area contributed by atoms with Crippen LogP contribution in [0.4, 0.5) is 0 Å². The Hall–Kier alpha value is -1.18. The minimum atomic E-state index is -1.01. The van der Waals surface area contributed by atoms with Crippen LogP contribution in [0.2, 0.25) is 0 Å². The second-order valence-electron chi connectivity index (χ2n) is 12.7. The third-order valence-electron chi connectivity index (χ3n) is 11.1. The molecular weight excluding hydrogens is 434 g/mol. The number of hydrogen-bond acceptors (Lipinski definition) is 5. The summed E-state index contributed by atoms with van der Waals surface area (Å²) in [7, 11) is 1.53. The first-order valence-electron chi connectivity index (χ1n) is 13.4. The molecule has 0 aliphatic heterocycles. The molecule has 0 saturated heterocycles. The third kappa shape index (κ3) is 4.20. The normalized spacial score (nSPS) is 46.7. The molecule has 0 heterocycles. The van der Waals surface area contributed by atoms with Crippen LogP contribution in [0.3, 0.4) is 0 Å². The number of carboxylic acid groups (broad SMARTS) is 1. The van der Waals surface area contributed by atoms with Gasteiger partial charge in [0, 0.05) is 13.5 Å². The van der Waals surface area contributed by atoms with E-state index in [1.165, 1.54) is 11.9 Å². The van der Waals surface area contributed by atoms with Crippen molar-refractivity contribution in [2.75, 3.05) is 13.6 Å². The number of carbonyl (C=O) groups excluding carboxylic acids is 1. The standard InChI is InChI=1S/C27H45NO6/c1-15(5-8-23(32)28(4)14-24(33)34)18-6-7-19-25-20(13-22(31)27(18,19)3)26(2)10-9-17(29)11-16(26)12-21(25)30/h15-22,25,29-31H,5-14H2,1-4H3,(H,33,34)/t15-,16+,17-,18-,19?,20?,21?,22+,25?,26+,27-/m1/s1. The zero-order valence-corrected chi connectivity index (χ0v) is 21.3. The Morgan fingerprint density at radius 2 is 1.74 bits per heavy atom. The van der Waals surface area contributed by atoms with E-state index in [-0.39, 0.29) is 65.1 Å². The average molecular weight is 480 g/mol. The van der Waals surface area contributed by atoms with E-state index < -0.39 is 12.1 Å². The number of rotatable bonds is 6. The minimum absolute atomic E-state index is 0.0658. The van der Waals surface area contributed by atoms with Crippen molar-refractivity contribution >= 4 is 11.9 Å². The van der Waals surface area contributed by atoms with E-state index in [2.05, 4.69) is 20.8 Å². The molecule has 34 heavy (non-hydrogen) atoms. The molecule has 0 radical (unpaired) electrons. The van der Waals surface area contributed by atoms with Gasteiger partial charge in [0.25, 0.3) is 0 Å². The fraction of sp³-hybridized carbons (Fsp3) is 0.926. The first-order valence-corrected chi connectivity index (χ1v) is 13.4. The van der Waals surface area contributed by atoms with E-state index >= 15 is 0 Å². The number of amides is 1. The lowest BCUT2D eigenvalue weighted by Crippen LogP contribution is -2.62. The van der Waals surface area contributed by atoms with Crippen molar-refractivity contribution < 1.29 is 30.0 Å². The first kappa shape index (κ1) is 25.9. The van der Waals surface area contributed by atoms with E-state index in [0.29, 0.717) is 25.2 Å². The summed E-state index contributed by atoms with van der Waals surface area (Å²) in [6.45, 7) is 6.44. The molecule has 194 valence electrons. The van der Waals surface area contributed by atoms with E-state index in [0.717, 1.165) is 38.5 Å². The number of nitrogens with zero attached hydrogens (tertiary/aromatic N) is 1. The minimum Gasteiger partial charge on any atom is -0.480 e. The van der Waals surface area contributed by atoms with Crippen molar-refractivity contribution in [3.05, 3.63) is 0 Å². The van der Waals surface area contributed by atoms with Crippen LogP contribution in [0.5, 0.6) is 0 Å². The summed E-state index contributed by atoms with van der Waals surface area (Å²) < 4.78 is 0. The summed E-state index contributed by atoms with van der Waals surface area (Å²) in [5, 5.41) is 42.2. The second-order valence-corrected chi connectivity index (χ2v) is 12.7. The molecule has 4 N–H and O–H groups in total. The van der Waals surface area contributed by atoms with E-state index in [4.69, 9.17) is 5.11 Å². The van der Waals surface area contributed by atoms with Crippen molar-refractivity contribution in [1.29, 1.82) is 0 Å². The predicted octanol–water partition coefficient (Wildman–Crippen LogP) is 2.91. The first-order chi connectivity index (χ1) is 15.9. The summed E-state index contributed by atoms with van der Waals surface area (Å²) in [6.07, 6.45) is 5.90. The SMILES string of the molecule is C[C@H](CCC(=O)N(C)CC(=O)O)[C@H]1CCC2C3C(O)C[C@@H]4C[C@H](O)CC[C@]4(C)C3C[C@H](O)[C@@]21C. The van der Waals surface area contributed by atoms with Crippen molar-refractivity contribution in [3.8, 4) is 0 Å². The summed E-state index contributed by atoms with van der Waals surface area (Å²) in [6, 6.07) is 0. The Kier molecular flexibility index (Phi) is 7.13. The van der Waals surface area contributed by atoms with Crippen molar-refractivity contribution in [3.63, 3.8) is 0 Å². The maximum absolute atomic E-state index is 12.4. The van der Waals surface area contributed by atoms with Crippen LogP contribution in [0.15, 0.2) is 0 Å². The Bertz CT molecular complexity index is 789. The van der Waals surface area contributed by atoms with Gasteiger partial charge >= 0.3 is 5.97 Å². The van der Waals surface area contributed by atoms with Gasteiger partial charge in [-0.3, -0.25) is 9.59 Å². The highest BCUT2D eigenvalue weighted by Gasteiger charge is 2.65. The fourth-order valence-electron chi connectivity index (χ4n) is 9.17. The van der Waals surface area contributed by atoms with Crippen LogP contribution in [0.25, 0.3) is 0 Å². The van der Waals surface area contributed by atoms with Crippen LogP contribution < -0.4 is 0 Å². The van der Waals surface area contributed by atoms with Crippen molar-refractivity contribution in [2.24, 2.45) is 46.3 Å². The van der Waals surface area contributed by atoms with Crippen molar-refractivity contribution in [2.45, 2.75) is 96.9 Å². The number of carboxylic acids is 1. The lowest BCUT2D eigenvalue weighted by molar-refractivity contribution is -0.207. The monoisotopic (exact) mass is 479 g/mol. The molecular formula is C27H45NO6. The maximum Gasteiger partial charge on any atom is 0.323 e. The molecule has 4 aliphatic carbocycles. The fourth-order valence-corrected chi connectivity index (χ4v) is 9.17. The molecule has 0 aromatic rings. The number of aliphatic hydroxyl groups excluding tert-OH is 3. The number of likely N-dealkylation sites (N-methyl/N-ethyl adjacent to an activating group) is 1. The number of hydrogen-bond donors (Lipinski definition) is 4. The molecule has 7 heteroatoms. The molecule has 11 atom stereocenters. The number of fused-ring (bicyclic) bond motifs is 5. The van der Waals surface area contributed by atoms with Gasteiger partial charge < -0.3 is 25.3 Å². The summed E-state index contributed by atoms with van der Waals surface area (Å²) >= 11 is 0. The predicted molar refractivity (Wildman–Crippen MR) is 128 cm³/mol. The van der Waals surface area contributed by atoms with Gasteiger partial charge in [-0.25, -0.2) is 0 Å². The Morgan fingerprint density at radius 1 is 1.03 bits per heavy atom. The highest BCUT2D eigenvalue weighted by Crippen LogP contribution is 2.68. The summed E-state index contributed by atoms with van der Waals surface area (Å²) in [5.74, 6) is 0.387. The largest absolute Gasteiger partial charge is 0.480 e. The number of aliphatic hydroxyl groups is 3. The highest BCUT2D eigenvalue weighted by atomic mass is 16.4. The van der Waals surface area contributed by atoms with Gasteiger partial charge in [-0.15, -0.1) is 0 Å². The Morgan fingerprint density at radius 3 is 2.41 bits per heavy atom. The number of aliphatic carboxylic acids is 1. The molecule has 0 aromatic carbocycles. The molecule has 4 fully saturated rings. The van der Waals surface area contributed by atoms with E-state index in [9.17, 15) is 24.9 Å². The third-order valence-corrected chi connectivity index (χ3v) is 11.1.